The molecule has 0 spiro atoms. The van der Waals surface area contributed by atoms with E-state index < -0.39 is 0 Å². The minimum absolute atomic E-state index is 0.0616. The molecule has 116 valence electrons. The summed E-state index contributed by atoms with van der Waals surface area (Å²) >= 11 is 0. The minimum Gasteiger partial charge on any atom is -0.334 e. The van der Waals surface area contributed by atoms with Crippen LogP contribution in [0.1, 0.15) is 24.1 Å². The standard InChI is InChI=1S/C19H19N3O/c1-14(17-9-8-16-6-2-3-7-18(16)11-17)22-19(23)21-13-15-5-4-10-20-12-15/h2-12,14H,13H2,1H3,(H2,21,22,23). The molecule has 0 bridgehead atoms. The van der Waals surface area contributed by atoms with Gasteiger partial charge in [0.2, 0.25) is 0 Å². The Morgan fingerprint density at radius 1 is 1.09 bits per heavy atom. The molecule has 1 heterocycles. The van der Waals surface area contributed by atoms with Crippen molar-refractivity contribution in [3.8, 4) is 0 Å². The number of fused-ring (bicyclic) bond motifs is 1. The van der Waals surface area contributed by atoms with Crippen LogP contribution >= 0.6 is 0 Å². The van der Waals surface area contributed by atoms with Crippen LogP contribution in [-0.2, 0) is 6.54 Å². The Bertz CT molecular complexity index is 802. The van der Waals surface area contributed by atoms with Crippen LogP contribution in [-0.4, -0.2) is 11.0 Å². The maximum Gasteiger partial charge on any atom is 0.315 e. The summed E-state index contributed by atoms with van der Waals surface area (Å²) in [5, 5.41) is 8.18. The fourth-order valence-corrected chi connectivity index (χ4v) is 2.49. The molecular weight excluding hydrogens is 286 g/mol. The molecule has 0 aliphatic rings. The Hall–Kier alpha value is -2.88. The summed E-state index contributed by atoms with van der Waals surface area (Å²) in [5.41, 5.74) is 2.06. The van der Waals surface area contributed by atoms with Crippen molar-refractivity contribution in [3.63, 3.8) is 0 Å². The first-order chi connectivity index (χ1) is 11.2. The molecule has 3 rings (SSSR count). The van der Waals surface area contributed by atoms with Gasteiger partial charge in [0, 0.05) is 18.9 Å². The highest BCUT2D eigenvalue weighted by atomic mass is 16.2. The van der Waals surface area contributed by atoms with Crippen LogP contribution in [0.3, 0.4) is 0 Å². The smallest absolute Gasteiger partial charge is 0.315 e. The summed E-state index contributed by atoms with van der Waals surface area (Å²) in [7, 11) is 0. The highest BCUT2D eigenvalue weighted by Crippen LogP contribution is 2.20. The van der Waals surface area contributed by atoms with E-state index in [1.54, 1.807) is 12.4 Å². The van der Waals surface area contributed by atoms with Gasteiger partial charge in [-0.2, -0.15) is 0 Å². The van der Waals surface area contributed by atoms with E-state index in [-0.39, 0.29) is 12.1 Å². The summed E-state index contributed by atoms with van der Waals surface area (Å²) in [5.74, 6) is 0. The number of carbonyl (C=O) groups is 1. The average Bonchev–Trinajstić information content (AvgIpc) is 2.60. The molecule has 1 aromatic heterocycles. The number of amides is 2. The average molecular weight is 305 g/mol. The van der Waals surface area contributed by atoms with Gasteiger partial charge in [0.1, 0.15) is 0 Å². The van der Waals surface area contributed by atoms with E-state index in [9.17, 15) is 4.79 Å². The zero-order valence-electron chi connectivity index (χ0n) is 13.0. The van der Waals surface area contributed by atoms with E-state index in [1.165, 1.54) is 10.8 Å². The third-order valence-corrected chi connectivity index (χ3v) is 3.80. The third-order valence-electron chi connectivity index (χ3n) is 3.80. The first-order valence-corrected chi connectivity index (χ1v) is 7.64. The molecule has 1 unspecified atom stereocenters. The van der Waals surface area contributed by atoms with Gasteiger partial charge in [0.25, 0.3) is 0 Å². The predicted molar refractivity (Wildman–Crippen MR) is 92.0 cm³/mol. The van der Waals surface area contributed by atoms with Crippen molar-refractivity contribution in [2.24, 2.45) is 0 Å². The Morgan fingerprint density at radius 3 is 2.70 bits per heavy atom. The molecule has 4 nitrogen and oxygen atoms in total. The molecular formula is C19H19N3O. The Balaban J connectivity index is 1.61. The summed E-state index contributed by atoms with van der Waals surface area (Å²) < 4.78 is 0. The Kier molecular flexibility index (Phi) is 4.52. The second-order valence-electron chi connectivity index (χ2n) is 5.52. The summed E-state index contributed by atoms with van der Waals surface area (Å²) in [6.07, 6.45) is 3.46. The van der Waals surface area contributed by atoms with Crippen LogP contribution in [0.25, 0.3) is 10.8 Å². The number of benzene rings is 2. The molecule has 0 radical (unpaired) electrons. The molecule has 3 aromatic rings. The number of hydrogen-bond donors (Lipinski definition) is 2. The molecule has 23 heavy (non-hydrogen) atoms. The topological polar surface area (TPSA) is 54.0 Å². The third kappa shape index (κ3) is 3.86. The number of pyridine rings is 1. The van der Waals surface area contributed by atoms with Gasteiger partial charge in [-0.25, -0.2) is 4.79 Å². The second-order valence-corrected chi connectivity index (χ2v) is 5.52. The molecule has 0 aliphatic heterocycles. The van der Waals surface area contributed by atoms with Crippen molar-refractivity contribution in [2.45, 2.75) is 19.5 Å². The number of nitrogens with one attached hydrogen (secondary N) is 2. The van der Waals surface area contributed by atoms with Crippen molar-refractivity contribution in [3.05, 3.63) is 78.1 Å². The number of nitrogens with zero attached hydrogens (tertiary/aromatic N) is 1. The monoisotopic (exact) mass is 305 g/mol. The van der Waals surface area contributed by atoms with Gasteiger partial charge in [-0.15, -0.1) is 0 Å². The van der Waals surface area contributed by atoms with Crippen molar-refractivity contribution in [1.29, 1.82) is 0 Å². The lowest BCUT2D eigenvalue weighted by molar-refractivity contribution is 0.237. The van der Waals surface area contributed by atoms with E-state index >= 15 is 0 Å². The number of urea groups is 1. The lowest BCUT2D eigenvalue weighted by Gasteiger charge is -2.15. The Morgan fingerprint density at radius 2 is 1.91 bits per heavy atom. The van der Waals surface area contributed by atoms with E-state index in [1.807, 2.05) is 37.3 Å². The summed E-state index contributed by atoms with van der Waals surface area (Å²) in [6, 6.07) is 18.0. The zero-order valence-corrected chi connectivity index (χ0v) is 13.0. The molecule has 1 atom stereocenters. The van der Waals surface area contributed by atoms with Crippen molar-refractivity contribution >= 4 is 16.8 Å². The molecule has 4 heteroatoms. The number of rotatable bonds is 4. The highest BCUT2D eigenvalue weighted by Gasteiger charge is 2.09. The minimum atomic E-state index is -0.186. The zero-order chi connectivity index (χ0) is 16.1. The normalized spacial score (nSPS) is 11.9. The first-order valence-electron chi connectivity index (χ1n) is 7.64. The van der Waals surface area contributed by atoms with Crippen molar-refractivity contribution < 1.29 is 4.79 Å². The molecule has 2 N–H and O–H groups in total. The molecule has 0 aliphatic carbocycles. The first kappa shape index (κ1) is 15.0. The van der Waals surface area contributed by atoms with Crippen LogP contribution in [0.4, 0.5) is 4.79 Å². The second kappa shape index (κ2) is 6.92. The van der Waals surface area contributed by atoms with E-state index in [0.717, 1.165) is 11.1 Å². The summed E-state index contributed by atoms with van der Waals surface area (Å²) in [4.78, 5) is 16.0. The van der Waals surface area contributed by atoms with Gasteiger partial charge >= 0.3 is 6.03 Å². The molecule has 2 aromatic carbocycles. The van der Waals surface area contributed by atoms with Gasteiger partial charge in [0.05, 0.1) is 6.04 Å². The highest BCUT2D eigenvalue weighted by molar-refractivity contribution is 5.83. The van der Waals surface area contributed by atoms with E-state index in [0.29, 0.717) is 6.54 Å². The lowest BCUT2D eigenvalue weighted by Crippen LogP contribution is -2.36. The fraction of sp³-hybridized carbons (Fsp3) is 0.158. The van der Waals surface area contributed by atoms with Crippen LogP contribution < -0.4 is 10.6 Å². The van der Waals surface area contributed by atoms with Gasteiger partial charge in [-0.05, 0) is 41.0 Å². The lowest BCUT2D eigenvalue weighted by atomic mass is 10.0. The summed E-state index contributed by atoms with van der Waals surface area (Å²) in [6.45, 7) is 2.44. The SMILES string of the molecule is CC(NC(=O)NCc1cccnc1)c1ccc2ccccc2c1. The van der Waals surface area contributed by atoms with Gasteiger partial charge in [-0.3, -0.25) is 4.98 Å². The van der Waals surface area contributed by atoms with Gasteiger partial charge in [-0.1, -0.05) is 42.5 Å². The van der Waals surface area contributed by atoms with Crippen LogP contribution in [0.5, 0.6) is 0 Å². The van der Waals surface area contributed by atoms with Crippen LogP contribution in [0, 0.1) is 0 Å². The Labute approximate surface area is 135 Å². The number of carbonyl (C=O) groups excluding carboxylic acids is 1. The van der Waals surface area contributed by atoms with E-state index in [2.05, 4.69) is 39.9 Å². The fourth-order valence-electron chi connectivity index (χ4n) is 2.49. The quantitative estimate of drug-likeness (QED) is 0.770. The van der Waals surface area contributed by atoms with Gasteiger partial charge < -0.3 is 10.6 Å². The molecule has 2 amide bonds. The van der Waals surface area contributed by atoms with Crippen LogP contribution in [0.15, 0.2) is 67.0 Å². The molecule has 0 saturated carbocycles. The van der Waals surface area contributed by atoms with E-state index in [4.69, 9.17) is 0 Å². The number of hydrogen-bond acceptors (Lipinski definition) is 2. The molecule has 0 saturated heterocycles. The largest absolute Gasteiger partial charge is 0.334 e. The maximum absolute atomic E-state index is 12.0. The number of aromatic nitrogens is 1. The van der Waals surface area contributed by atoms with Crippen molar-refractivity contribution in [1.82, 2.24) is 15.6 Å². The predicted octanol–water partition coefficient (Wildman–Crippen LogP) is 3.80. The van der Waals surface area contributed by atoms with Crippen molar-refractivity contribution in [2.75, 3.05) is 0 Å². The maximum atomic E-state index is 12.0. The van der Waals surface area contributed by atoms with Crippen LogP contribution in [0.2, 0.25) is 0 Å². The molecule has 0 fully saturated rings. The van der Waals surface area contributed by atoms with Gasteiger partial charge in [0.15, 0.2) is 0 Å².